The molecular formula is C17H30N4. The molecule has 1 unspecified atom stereocenters. The number of nitrogens with zero attached hydrogens (tertiary/aromatic N) is 3. The number of hydrogen-bond acceptors (Lipinski definition) is 3. The van der Waals surface area contributed by atoms with E-state index in [9.17, 15) is 0 Å². The molecule has 3 rings (SSSR count). The number of likely N-dealkylation sites (N-methyl/N-ethyl adjacent to an activating group) is 1. The molecule has 1 aliphatic carbocycles. The molecular weight excluding hydrogens is 260 g/mol. The summed E-state index contributed by atoms with van der Waals surface area (Å²) in [6, 6.07) is 2.64. The lowest BCUT2D eigenvalue weighted by atomic mass is 9.84. The Morgan fingerprint density at radius 3 is 2.57 bits per heavy atom. The van der Waals surface area contributed by atoms with Gasteiger partial charge < -0.3 is 5.32 Å². The highest BCUT2D eigenvalue weighted by Crippen LogP contribution is 2.45. The van der Waals surface area contributed by atoms with Crippen LogP contribution >= 0.6 is 0 Å². The van der Waals surface area contributed by atoms with Crippen molar-refractivity contribution >= 4 is 0 Å². The number of rotatable bonds is 6. The largest absolute Gasteiger partial charge is 0.310 e. The third kappa shape index (κ3) is 2.64. The van der Waals surface area contributed by atoms with E-state index in [1.807, 2.05) is 6.20 Å². The number of nitrogens with one attached hydrogen (secondary N) is 1. The smallest absolute Gasteiger partial charge is 0.0676 e. The minimum Gasteiger partial charge on any atom is -0.310 e. The van der Waals surface area contributed by atoms with Crippen molar-refractivity contribution in [2.45, 2.75) is 70.0 Å². The fourth-order valence-electron chi connectivity index (χ4n) is 4.62. The van der Waals surface area contributed by atoms with Crippen LogP contribution in [0.2, 0.25) is 0 Å². The van der Waals surface area contributed by atoms with Gasteiger partial charge in [0, 0.05) is 18.3 Å². The van der Waals surface area contributed by atoms with Crippen molar-refractivity contribution in [2.24, 2.45) is 0 Å². The monoisotopic (exact) mass is 290 g/mol. The highest BCUT2D eigenvalue weighted by molar-refractivity contribution is 5.17. The molecule has 2 heterocycles. The zero-order chi connectivity index (χ0) is 14.7. The van der Waals surface area contributed by atoms with E-state index in [0.29, 0.717) is 11.6 Å². The van der Waals surface area contributed by atoms with E-state index < -0.39 is 0 Å². The standard InChI is InChI=1S/C17H30N4/c1-3-12-21-15(8-11-19-21)16(18-2)17(9-4-5-10-17)20-13-6-7-14-20/h8,11,16,18H,3-7,9-10,12-14H2,1-2H3. The van der Waals surface area contributed by atoms with Crippen molar-refractivity contribution in [1.29, 1.82) is 0 Å². The van der Waals surface area contributed by atoms with E-state index in [2.05, 4.69) is 40.0 Å². The van der Waals surface area contributed by atoms with Crippen LogP contribution in [0, 0.1) is 0 Å². The molecule has 1 aliphatic heterocycles. The SMILES string of the molecule is CCCn1nccc1C(NC)C1(N2CCCC2)CCCC1. The summed E-state index contributed by atoms with van der Waals surface area (Å²) in [5.74, 6) is 0. The molecule has 118 valence electrons. The summed E-state index contributed by atoms with van der Waals surface area (Å²) in [5.41, 5.74) is 1.70. The Hall–Kier alpha value is -0.870. The van der Waals surface area contributed by atoms with E-state index in [-0.39, 0.29) is 0 Å². The predicted molar refractivity (Wildman–Crippen MR) is 86.3 cm³/mol. The first-order chi connectivity index (χ1) is 10.3. The van der Waals surface area contributed by atoms with Crippen LogP contribution in [0.1, 0.15) is 63.6 Å². The minimum atomic E-state index is 0.316. The van der Waals surface area contributed by atoms with Crippen molar-refractivity contribution in [3.8, 4) is 0 Å². The molecule has 1 saturated carbocycles. The number of aryl methyl sites for hydroxylation is 1. The predicted octanol–water partition coefficient (Wildman–Crippen LogP) is 2.96. The fourth-order valence-corrected chi connectivity index (χ4v) is 4.62. The maximum absolute atomic E-state index is 4.56. The van der Waals surface area contributed by atoms with Gasteiger partial charge >= 0.3 is 0 Å². The first-order valence-electron chi connectivity index (χ1n) is 8.76. The maximum atomic E-state index is 4.56. The van der Waals surface area contributed by atoms with Crippen molar-refractivity contribution in [2.75, 3.05) is 20.1 Å². The summed E-state index contributed by atoms with van der Waals surface area (Å²) in [5, 5.41) is 8.22. The first-order valence-corrected chi connectivity index (χ1v) is 8.76. The Morgan fingerprint density at radius 1 is 1.24 bits per heavy atom. The average Bonchev–Trinajstić information content (AvgIpc) is 3.21. The van der Waals surface area contributed by atoms with Crippen LogP contribution in [-0.2, 0) is 6.54 Å². The van der Waals surface area contributed by atoms with Gasteiger partial charge in [0.2, 0.25) is 0 Å². The summed E-state index contributed by atoms with van der Waals surface area (Å²) in [6.07, 6.45) is 11.3. The molecule has 0 aromatic carbocycles. The molecule has 0 radical (unpaired) electrons. The van der Waals surface area contributed by atoms with Gasteiger partial charge in [-0.2, -0.15) is 5.10 Å². The van der Waals surface area contributed by atoms with Crippen molar-refractivity contribution in [3.63, 3.8) is 0 Å². The summed E-state index contributed by atoms with van der Waals surface area (Å²) < 4.78 is 2.22. The van der Waals surface area contributed by atoms with E-state index in [4.69, 9.17) is 0 Å². The summed E-state index contributed by atoms with van der Waals surface area (Å²) in [4.78, 5) is 2.78. The normalized spacial score (nSPS) is 23.7. The highest BCUT2D eigenvalue weighted by Gasteiger charge is 2.47. The summed E-state index contributed by atoms with van der Waals surface area (Å²) in [7, 11) is 2.13. The zero-order valence-electron chi connectivity index (χ0n) is 13.6. The van der Waals surface area contributed by atoms with E-state index in [1.165, 1.54) is 57.3 Å². The second kappa shape index (κ2) is 6.49. The lowest BCUT2D eigenvalue weighted by Crippen LogP contribution is -2.54. The number of hydrogen-bond donors (Lipinski definition) is 1. The third-order valence-electron chi connectivity index (χ3n) is 5.51. The molecule has 1 N–H and O–H groups in total. The fraction of sp³-hybridized carbons (Fsp3) is 0.824. The third-order valence-corrected chi connectivity index (χ3v) is 5.51. The molecule has 2 fully saturated rings. The Morgan fingerprint density at radius 2 is 1.95 bits per heavy atom. The zero-order valence-corrected chi connectivity index (χ0v) is 13.6. The van der Waals surface area contributed by atoms with Crippen LogP contribution in [0.4, 0.5) is 0 Å². The van der Waals surface area contributed by atoms with E-state index in [1.54, 1.807) is 0 Å². The van der Waals surface area contributed by atoms with E-state index in [0.717, 1.165) is 13.0 Å². The number of aromatic nitrogens is 2. The topological polar surface area (TPSA) is 33.1 Å². The molecule has 0 bridgehead atoms. The average molecular weight is 290 g/mol. The minimum absolute atomic E-state index is 0.316. The van der Waals surface area contributed by atoms with Gasteiger partial charge in [0.15, 0.2) is 0 Å². The maximum Gasteiger partial charge on any atom is 0.0676 e. The van der Waals surface area contributed by atoms with Gasteiger partial charge in [0.05, 0.1) is 11.7 Å². The van der Waals surface area contributed by atoms with Crippen LogP contribution in [0.5, 0.6) is 0 Å². The second-order valence-corrected chi connectivity index (χ2v) is 6.71. The molecule has 4 nitrogen and oxygen atoms in total. The van der Waals surface area contributed by atoms with Gasteiger partial charge in [0.1, 0.15) is 0 Å². The Kier molecular flexibility index (Phi) is 4.65. The van der Waals surface area contributed by atoms with Crippen LogP contribution < -0.4 is 5.32 Å². The van der Waals surface area contributed by atoms with Crippen LogP contribution in [0.15, 0.2) is 12.3 Å². The lowest BCUT2D eigenvalue weighted by Gasteiger charge is -2.45. The summed E-state index contributed by atoms with van der Waals surface area (Å²) >= 11 is 0. The Labute approximate surface area is 128 Å². The molecule has 1 saturated heterocycles. The molecule has 1 aromatic rings. The lowest BCUT2D eigenvalue weighted by molar-refractivity contribution is 0.0759. The van der Waals surface area contributed by atoms with Gasteiger partial charge in [-0.25, -0.2) is 0 Å². The molecule has 1 atom stereocenters. The molecule has 0 amide bonds. The molecule has 0 spiro atoms. The van der Waals surface area contributed by atoms with Crippen molar-refractivity contribution < 1.29 is 0 Å². The molecule has 4 heteroatoms. The highest BCUT2D eigenvalue weighted by atomic mass is 15.3. The van der Waals surface area contributed by atoms with Gasteiger partial charge in [0.25, 0.3) is 0 Å². The molecule has 21 heavy (non-hydrogen) atoms. The van der Waals surface area contributed by atoms with Crippen molar-refractivity contribution in [3.05, 3.63) is 18.0 Å². The Balaban J connectivity index is 1.93. The quantitative estimate of drug-likeness (QED) is 0.874. The van der Waals surface area contributed by atoms with Crippen molar-refractivity contribution in [1.82, 2.24) is 20.0 Å². The Bertz CT molecular complexity index is 441. The van der Waals surface area contributed by atoms with Crippen LogP contribution in [0.25, 0.3) is 0 Å². The second-order valence-electron chi connectivity index (χ2n) is 6.71. The molecule has 2 aliphatic rings. The van der Waals surface area contributed by atoms with Gasteiger partial charge in [-0.3, -0.25) is 9.58 Å². The molecule has 1 aromatic heterocycles. The first kappa shape index (κ1) is 15.0. The van der Waals surface area contributed by atoms with Crippen LogP contribution in [-0.4, -0.2) is 40.4 Å². The van der Waals surface area contributed by atoms with Gasteiger partial charge in [-0.15, -0.1) is 0 Å². The van der Waals surface area contributed by atoms with Gasteiger partial charge in [-0.05, 0) is 58.3 Å². The summed E-state index contributed by atoms with van der Waals surface area (Å²) in [6.45, 7) is 5.81. The van der Waals surface area contributed by atoms with Crippen LogP contribution in [0.3, 0.4) is 0 Å². The number of likely N-dealkylation sites (tertiary alicyclic amines) is 1. The van der Waals surface area contributed by atoms with E-state index >= 15 is 0 Å². The van der Waals surface area contributed by atoms with Gasteiger partial charge in [-0.1, -0.05) is 19.8 Å².